The molecule has 29 heavy (non-hydrogen) atoms. The van der Waals surface area contributed by atoms with Crippen LogP contribution in [0.4, 0.5) is 4.39 Å². The van der Waals surface area contributed by atoms with Crippen LogP contribution in [0.25, 0.3) is 33.6 Å². The van der Waals surface area contributed by atoms with Crippen LogP contribution in [0.15, 0.2) is 91.0 Å². The zero-order valence-corrected chi connectivity index (χ0v) is 16.3. The van der Waals surface area contributed by atoms with E-state index in [9.17, 15) is 8.60 Å². The minimum absolute atomic E-state index is 0.0935. The van der Waals surface area contributed by atoms with Crippen LogP contribution in [-0.2, 0) is 16.8 Å². The van der Waals surface area contributed by atoms with Crippen molar-refractivity contribution >= 4 is 11.1 Å². The van der Waals surface area contributed by atoms with E-state index in [0.29, 0.717) is 0 Å². The normalized spacial score (nSPS) is 11.9. The van der Waals surface area contributed by atoms with Gasteiger partial charge in [-0.15, -0.1) is 0 Å². The highest BCUT2D eigenvalue weighted by Crippen LogP contribution is 2.33. The van der Waals surface area contributed by atoms with E-state index in [1.54, 1.807) is 12.1 Å². The first-order valence-electron chi connectivity index (χ1n) is 9.09. The number of aromatic nitrogens is 1. The highest BCUT2D eigenvalue weighted by molar-refractivity contribution is 7.78. The molecule has 0 aliphatic heterocycles. The number of nitrogens with zero attached hydrogens (tertiary/aromatic N) is 1. The lowest BCUT2D eigenvalue weighted by Gasteiger charge is -2.12. The number of rotatable bonds is 5. The first kappa shape index (κ1) is 19.2. The molecule has 1 N–H and O–H groups in total. The van der Waals surface area contributed by atoms with Crippen molar-refractivity contribution in [3.8, 4) is 33.6 Å². The Morgan fingerprint density at radius 2 is 1.41 bits per heavy atom. The molecule has 1 heterocycles. The Balaban J connectivity index is 1.82. The third-order valence-corrected chi connectivity index (χ3v) is 5.22. The molecule has 1 unspecified atom stereocenters. The fourth-order valence-corrected chi connectivity index (χ4v) is 3.69. The molecular formula is C24H18FNO2S. The van der Waals surface area contributed by atoms with Crippen molar-refractivity contribution in [2.24, 2.45) is 0 Å². The summed E-state index contributed by atoms with van der Waals surface area (Å²) in [5.41, 5.74) is 6.04. The summed E-state index contributed by atoms with van der Waals surface area (Å²) in [4.78, 5) is 4.88. The standard InChI is InChI=1S/C24H18FNO2S/c25-21-12-10-20(11-13-21)24-22(18-8-6-17(7-9-18)16-29(27)28)14-15-23(26-24)19-4-2-1-3-5-19/h1-15H,16H2,(H,27,28). The van der Waals surface area contributed by atoms with Crippen LogP contribution in [-0.4, -0.2) is 13.7 Å². The lowest BCUT2D eigenvalue weighted by atomic mass is 9.97. The highest BCUT2D eigenvalue weighted by atomic mass is 32.2. The summed E-state index contributed by atoms with van der Waals surface area (Å²) in [5, 5.41) is 0. The number of hydrogen-bond acceptors (Lipinski definition) is 2. The first-order chi connectivity index (χ1) is 14.1. The quantitative estimate of drug-likeness (QED) is 0.419. The summed E-state index contributed by atoms with van der Waals surface area (Å²) in [7, 11) is 0. The van der Waals surface area contributed by atoms with E-state index in [-0.39, 0.29) is 11.6 Å². The first-order valence-corrected chi connectivity index (χ1v) is 10.4. The van der Waals surface area contributed by atoms with E-state index < -0.39 is 11.1 Å². The molecule has 3 aromatic carbocycles. The van der Waals surface area contributed by atoms with Crippen LogP contribution in [0.5, 0.6) is 0 Å². The van der Waals surface area contributed by atoms with Crippen molar-refractivity contribution in [3.05, 3.63) is 102 Å². The van der Waals surface area contributed by atoms with Crippen molar-refractivity contribution < 1.29 is 13.2 Å². The minimum atomic E-state index is -1.88. The molecule has 0 amide bonds. The number of benzene rings is 3. The maximum absolute atomic E-state index is 13.5. The van der Waals surface area contributed by atoms with Gasteiger partial charge >= 0.3 is 0 Å². The molecule has 0 aliphatic rings. The average molecular weight is 403 g/mol. The predicted octanol–water partition coefficient (Wildman–Crippen LogP) is 5.94. The second kappa shape index (κ2) is 8.47. The van der Waals surface area contributed by atoms with Gasteiger partial charge in [0.15, 0.2) is 11.1 Å². The minimum Gasteiger partial charge on any atom is -0.306 e. The largest absolute Gasteiger partial charge is 0.306 e. The zero-order valence-electron chi connectivity index (χ0n) is 15.5. The zero-order chi connectivity index (χ0) is 20.2. The lowest BCUT2D eigenvalue weighted by molar-refractivity contribution is 0.563. The molecule has 3 nitrogen and oxygen atoms in total. The summed E-state index contributed by atoms with van der Waals surface area (Å²) >= 11 is -1.88. The van der Waals surface area contributed by atoms with Crippen LogP contribution in [0.1, 0.15) is 5.56 Å². The molecular weight excluding hydrogens is 385 g/mol. The smallest absolute Gasteiger partial charge is 0.157 e. The molecule has 4 rings (SSSR count). The van der Waals surface area contributed by atoms with Gasteiger partial charge < -0.3 is 4.55 Å². The second-order valence-corrected chi connectivity index (χ2v) is 7.56. The van der Waals surface area contributed by atoms with Gasteiger partial charge in [0.2, 0.25) is 0 Å². The molecule has 5 heteroatoms. The summed E-state index contributed by atoms with van der Waals surface area (Å²) < 4.78 is 33.6. The Hall–Kier alpha value is -3.15. The Bertz CT molecular complexity index is 1140. The summed E-state index contributed by atoms with van der Waals surface area (Å²) in [5.74, 6) is -0.202. The highest BCUT2D eigenvalue weighted by Gasteiger charge is 2.12. The monoisotopic (exact) mass is 403 g/mol. The van der Waals surface area contributed by atoms with Gasteiger partial charge in [0.1, 0.15) is 5.82 Å². The average Bonchev–Trinajstić information content (AvgIpc) is 2.75. The van der Waals surface area contributed by atoms with Gasteiger partial charge in [0.25, 0.3) is 0 Å². The van der Waals surface area contributed by atoms with Gasteiger partial charge in [-0.1, -0.05) is 60.7 Å². The van der Waals surface area contributed by atoms with Crippen molar-refractivity contribution in [1.29, 1.82) is 0 Å². The maximum Gasteiger partial charge on any atom is 0.157 e. The number of hydrogen-bond donors (Lipinski definition) is 1. The van der Waals surface area contributed by atoms with Crippen LogP contribution in [0, 0.1) is 5.82 Å². The van der Waals surface area contributed by atoms with Gasteiger partial charge in [-0.25, -0.2) is 13.6 Å². The third-order valence-electron chi connectivity index (χ3n) is 4.64. The van der Waals surface area contributed by atoms with E-state index in [1.165, 1.54) is 12.1 Å². The Morgan fingerprint density at radius 3 is 2.07 bits per heavy atom. The van der Waals surface area contributed by atoms with Gasteiger partial charge in [0.05, 0.1) is 17.1 Å². The van der Waals surface area contributed by atoms with Crippen molar-refractivity contribution in [3.63, 3.8) is 0 Å². The van der Waals surface area contributed by atoms with Crippen molar-refractivity contribution in [1.82, 2.24) is 4.98 Å². The summed E-state index contributed by atoms with van der Waals surface area (Å²) in [6.45, 7) is 0. The molecule has 0 saturated carbocycles. The van der Waals surface area contributed by atoms with E-state index in [0.717, 1.165) is 39.2 Å². The van der Waals surface area contributed by atoms with Gasteiger partial charge in [-0.2, -0.15) is 0 Å². The molecule has 144 valence electrons. The molecule has 0 bridgehead atoms. The number of halogens is 1. The molecule has 1 atom stereocenters. The van der Waals surface area contributed by atoms with Crippen LogP contribution in [0.3, 0.4) is 0 Å². The maximum atomic E-state index is 13.5. The molecule has 0 spiro atoms. The van der Waals surface area contributed by atoms with Gasteiger partial charge in [0, 0.05) is 16.7 Å². The Morgan fingerprint density at radius 1 is 0.759 bits per heavy atom. The molecule has 0 aliphatic carbocycles. The molecule has 0 radical (unpaired) electrons. The van der Waals surface area contributed by atoms with E-state index in [4.69, 9.17) is 9.54 Å². The Kier molecular flexibility index (Phi) is 5.60. The van der Waals surface area contributed by atoms with E-state index in [2.05, 4.69) is 0 Å². The topological polar surface area (TPSA) is 50.2 Å². The molecule has 0 fully saturated rings. The van der Waals surface area contributed by atoms with Crippen molar-refractivity contribution in [2.45, 2.75) is 5.75 Å². The van der Waals surface area contributed by atoms with Crippen LogP contribution in [0.2, 0.25) is 0 Å². The van der Waals surface area contributed by atoms with Gasteiger partial charge in [-0.3, -0.25) is 0 Å². The van der Waals surface area contributed by atoms with E-state index >= 15 is 0 Å². The lowest BCUT2D eigenvalue weighted by Crippen LogP contribution is -1.95. The second-order valence-electron chi connectivity index (χ2n) is 6.63. The molecule has 0 saturated heterocycles. The van der Waals surface area contributed by atoms with Crippen LogP contribution >= 0.6 is 0 Å². The number of pyridine rings is 1. The van der Waals surface area contributed by atoms with Crippen LogP contribution < -0.4 is 0 Å². The fraction of sp³-hybridized carbons (Fsp3) is 0.0417. The predicted molar refractivity (Wildman–Crippen MR) is 115 cm³/mol. The summed E-state index contributed by atoms with van der Waals surface area (Å²) in [6, 6.07) is 27.7. The summed E-state index contributed by atoms with van der Waals surface area (Å²) in [6.07, 6.45) is 0. The van der Waals surface area contributed by atoms with E-state index in [1.807, 2.05) is 66.7 Å². The van der Waals surface area contributed by atoms with Gasteiger partial charge in [-0.05, 0) is 41.5 Å². The SMILES string of the molecule is O=S(O)Cc1ccc(-c2ccc(-c3ccccc3)nc2-c2ccc(F)cc2)cc1. The Labute approximate surface area is 171 Å². The fourth-order valence-electron chi connectivity index (χ4n) is 3.21. The van der Waals surface area contributed by atoms with Crippen molar-refractivity contribution in [2.75, 3.05) is 0 Å². The third kappa shape index (κ3) is 4.47. The molecule has 4 aromatic rings. The molecule has 1 aromatic heterocycles.